The summed E-state index contributed by atoms with van der Waals surface area (Å²) in [7, 11) is 1.84. The molecule has 0 aliphatic rings. The van der Waals surface area contributed by atoms with E-state index in [9.17, 15) is 4.79 Å². The number of nitrogen functional groups attached to an aromatic ring is 1. The largest absolute Gasteiger partial charge is 0.393 e. The summed E-state index contributed by atoms with van der Waals surface area (Å²) >= 11 is 3.47. The lowest BCUT2D eigenvalue weighted by molar-refractivity contribution is 0.525. The van der Waals surface area contributed by atoms with Crippen molar-refractivity contribution in [3.63, 3.8) is 0 Å². The van der Waals surface area contributed by atoms with Crippen LogP contribution in [0, 0.1) is 6.92 Å². The van der Waals surface area contributed by atoms with Gasteiger partial charge in [0.15, 0.2) is 0 Å². The molecule has 0 saturated heterocycles. The predicted molar refractivity (Wildman–Crippen MR) is 72.1 cm³/mol. The van der Waals surface area contributed by atoms with Gasteiger partial charge in [-0.05, 0) is 18.6 Å². The first-order valence-corrected chi connectivity index (χ1v) is 6.07. The standard InChI is InChI=1S/C12H14BrN3O/c1-8-11(14)12(17)16(15(8)2)7-9-5-3-4-6-10(9)13/h3-6H,7,14H2,1-2H3. The van der Waals surface area contributed by atoms with Crippen molar-refractivity contribution in [2.75, 3.05) is 5.73 Å². The SMILES string of the molecule is Cc1c(N)c(=O)n(Cc2ccccc2Br)n1C. The zero-order valence-electron chi connectivity index (χ0n) is 9.77. The van der Waals surface area contributed by atoms with E-state index in [-0.39, 0.29) is 5.56 Å². The Labute approximate surface area is 108 Å². The smallest absolute Gasteiger partial charge is 0.290 e. The van der Waals surface area contributed by atoms with Crippen LogP contribution in [0.5, 0.6) is 0 Å². The van der Waals surface area contributed by atoms with Crippen molar-refractivity contribution in [1.29, 1.82) is 0 Å². The van der Waals surface area contributed by atoms with Gasteiger partial charge in [-0.3, -0.25) is 9.48 Å². The van der Waals surface area contributed by atoms with Crippen LogP contribution >= 0.6 is 15.9 Å². The second-order valence-electron chi connectivity index (χ2n) is 3.98. The molecule has 1 aromatic carbocycles. The number of hydrogen-bond acceptors (Lipinski definition) is 2. The molecule has 5 heteroatoms. The number of hydrogen-bond donors (Lipinski definition) is 1. The fourth-order valence-corrected chi connectivity index (χ4v) is 2.16. The number of halogens is 1. The third-order valence-corrected chi connectivity index (χ3v) is 3.75. The molecule has 0 fully saturated rings. The number of aromatic nitrogens is 2. The molecule has 1 aromatic heterocycles. The van der Waals surface area contributed by atoms with Crippen LogP contribution in [0.3, 0.4) is 0 Å². The highest BCUT2D eigenvalue weighted by molar-refractivity contribution is 9.10. The van der Waals surface area contributed by atoms with Crippen LogP contribution in [0.4, 0.5) is 5.69 Å². The van der Waals surface area contributed by atoms with Gasteiger partial charge in [0.25, 0.3) is 5.56 Å². The molecule has 0 atom stereocenters. The lowest BCUT2D eigenvalue weighted by atomic mass is 10.2. The molecule has 2 rings (SSSR count). The molecule has 4 nitrogen and oxygen atoms in total. The molecule has 90 valence electrons. The molecule has 0 saturated carbocycles. The first-order chi connectivity index (χ1) is 8.02. The Balaban J connectivity index is 2.48. The average Bonchev–Trinajstić information content (AvgIpc) is 2.50. The Morgan fingerprint density at radius 2 is 2.00 bits per heavy atom. The van der Waals surface area contributed by atoms with Gasteiger partial charge < -0.3 is 5.73 Å². The van der Waals surface area contributed by atoms with E-state index in [4.69, 9.17) is 5.73 Å². The normalized spacial score (nSPS) is 10.8. The molecular formula is C12H14BrN3O. The Kier molecular flexibility index (Phi) is 3.11. The van der Waals surface area contributed by atoms with E-state index in [2.05, 4.69) is 15.9 Å². The van der Waals surface area contributed by atoms with Crippen molar-refractivity contribution in [3.8, 4) is 0 Å². The van der Waals surface area contributed by atoms with E-state index in [1.54, 1.807) is 9.36 Å². The van der Waals surface area contributed by atoms with E-state index >= 15 is 0 Å². The summed E-state index contributed by atoms with van der Waals surface area (Å²) in [5, 5.41) is 0. The van der Waals surface area contributed by atoms with Crippen LogP contribution in [-0.2, 0) is 13.6 Å². The highest BCUT2D eigenvalue weighted by atomic mass is 79.9. The van der Waals surface area contributed by atoms with E-state index in [1.165, 1.54) is 0 Å². The molecule has 0 radical (unpaired) electrons. The number of nitrogens with zero attached hydrogens (tertiary/aromatic N) is 2. The summed E-state index contributed by atoms with van der Waals surface area (Å²) in [6.07, 6.45) is 0. The second-order valence-corrected chi connectivity index (χ2v) is 4.83. The van der Waals surface area contributed by atoms with Crippen LogP contribution in [-0.4, -0.2) is 9.36 Å². The second kappa shape index (κ2) is 4.41. The van der Waals surface area contributed by atoms with Gasteiger partial charge in [-0.15, -0.1) is 0 Å². The van der Waals surface area contributed by atoms with Gasteiger partial charge in [0.05, 0.1) is 12.2 Å². The Hall–Kier alpha value is -1.49. The summed E-state index contributed by atoms with van der Waals surface area (Å²) < 4.78 is 4.41. The molecular weight excluding hydrogens is 282 g/mol. The van der Waals surface area contributed by atoms with Crippen molar-refractivity contribution in [2.24, 2.45) is 7.05 Å². The van der Waals surface area contributed by atoms with Crippen LogP contribution in [0.2, 0.25) is 0 Å². The van der Waals surface area contributed by atoms with E-state index in [0.717, 1.165) is 15.7 Å². The van der Waals surface area contributed by atoms with Gasteiger partial charge in [-0.2, -0.15) is 0 Å². The fourth-order valence-electron chi connectivity index (χ4n) is 1.75. The van der Waals surface area contributed by atoms with E-state index in [1.807, 2.05) is 38.2 Å². The minimum Gasteiger partial charge on any atom is -0.393 e. The fraction of sp³-hybridized carbons (Fsp3) is 0.250. The molecule has 0 amide bonds. The summed E-state index contributed by atoms with van der Waals surface area (Å²) in [6.45, 7) is 2.35. The number of anilines is 1. The topological polar surface area (TPSA) is 53.0 Å². The molecule has 2 aromatic rings. The number of rotatable bonds is 2. The minimum absolute atomic E-state index is 0.138. The molecule has 0 aliphatic carbocycles. The van der Waals surface area contributed by atoms with Gasteiger partial charge in [0, 0.05) is 11.5 Å². The number of nitrogens with two attached hydrogens (primary N) is 1. The maximum Gasteiger partial charge on any atom is 0.290 e. The molecule has 0 spiro atoms. The maximum atomic E-state index is 11.9. The average molecular weight is 296 g/mol. The molecule has 1 heterocycles. The van der Waals surface area contributed by atoms with E-state index < -0.39 is 0 Å². The van der Waals surface area contributed by atoms with Gasteiger partial charge >= 0.3 is 0 Å². The summed E-state index contributed by atoms with van der Waals surface area (Å²) in [6, 6.07) is 7.83. The summed E-state index contributed by atoms with van der Waals surface area (Å²) in [5.74, 6) is 0. The molecule has 2 N–H and O–H groups in total. The van der Waals surface area contributed by atoms with Crippen molar-refractivity contribution >= 4 is 21.6 Å². The van der Waals surface area contributed by atoms with Gasteiger partial charge in [0.1, 0.15) is 5.69 Å². The quantitative estimate of drug-likeness (QED) is 0.920. The Morgan fingerprint density at radius 1 is 1.35 bits per heavy atom. The van der Waals surface area contributed by atoms with Crippen LogP contribution in [0.15, 0.2) is 33.5 Å². The molecule has 0 unspecified atom stereocenters. The predicted octanol–water partition coefficient (Wildman–Crippen LogP) is 1.89. The lowest BCUT2D eigenvalue weighted by Crippen LogP contribution is -2.23. The summed E-state index contributed by atoms with van der Waals surface area (Å²) in [4.78, 5) is 11.9. The molecule has 0 bridgehead atoms. The van der Waals surface area contributed by atoms with E-state index in [0.29, 0.717) is 12.2 Å². The number of benzene rings is 1. The monoisotopic (exact) mass is 295 g/mol. The first kappa shape index (κ1) is 12.0. The van der Waals surface area contributed by atoms with Crippen LogP contribution in [0.1, 0.15) is 11.3 Å². The lowest BCUT2D eigenvalue weighted by Gasteiger charge is -2.09. The highest BCUT2D eigenvalue weighted by Gasteiger charge is 2.12. The summed E-state index contributed by atoms with van der Waals surface area (Å²) in [5.41, 5.74) is 7.75. The van der Waals surface area contributed by atoms with Crippen molar-refractivity contribution in [2.45, 2.75) is 13.5 Å². The van der Waals surface area contributed by atoms with Crippen molar-refractivity contribution < 1.29 is 0 Å². The zero-order chi connectivity index (χ0) is 12.6. The van der Waals surface area contributed by atoms with Crippen molar-refractivity contribution in [1.82, 2.24) is 9.36 Å². The first-order valence-electron chi connectivity index (χ1n) is 5.27. The Bertz CT molecular complexity index is 613. The van der Waals surface area contributed by atoms with Gasteiger partial charge in [0.2, 0.25) is 0 Å². The minimum atomic E-state index is -0.138. The zero-order valence-corrected chi connectivity index (χ0v) is 11.4. The highest BCUT2D eigenvalue weighted by Crippen LogP contribution is 2.17. The third kappa shape index (κ3) is 2.02. The maximum absolute atomic E-state index is 11.9. The van der Waals surface area contributed by atoms with Crippen molar-refractivity contribution in [3.05, 3.63) is 50.3 Å². The van der Waals surface area contributed by atoms with Gasteiger partial charge in [-0.1, -0.05) is 34.1 Å². The third-order valence-electron chi connectivity index (χ3n) is 2.98. The van der Waals surface area contributed by atoms with Crippen LogP contribution < -0.4 is 11.3 Å². The molecule has 0 aliphatic heterocycles. The van der Waals surface area contributed by atoms with Crippen LogP contribution in [0.25, 0.3) is 0 Å². The molecule has 17 heavy (non-hydrogen) atoms. The van der Waals surface area contributed by atoms with Gasteiger partial charge in [-0.25, -0.2) is 4.68 Å². The Morgan fingerprint density at radius 3 is 2.53 bits per heavy atom.